The van der Waals surface area contributed by atoms with Gasteiger partial charge in [0.15, 0.2) is 0 Å². The number of nitrogens with zero attached hydrogens (tertiary/aromatic N) is 4. The summed E-state index contributed by atoms with van der Waals surface area (Å²) in [5.41, 5.74) is 8.12. The third kappa shape index (κ3) is 1.86. The van der Waals surface area contributed by atoms with Crippen LogP contribution >= 0.6 is 11.5 Å². The first-order valence-electron chi connectivity index (χ1n) is 4.42. The fourth-order valence-electron chi connectivity index (χ4n) is 1.34. The number of hydrogen-bond acceptors (Lipinski definition) is 3. The molecule has 0 radical (unpaired) electrons. The highest BCUT2D eigenvalue weighted by molar-refractivity contribution is 7.13. The number of fused-ring (bicyclic) bond motifs is 1. The molecule has 0 atom stereocenters. The van der Waals surface area contributed by atoms with Crippen LogP contribution in [-0.4, -0.2) is 10.5 Å². The summed E-state index contributed by atoms with van der Waals surface area (Å²) in [4.78, 5) is 14.4. The summed E-state index contributed by atoms with van der Waals surface area (Å²) in [6, 6.07) is 7.45. The van der Waals surface area contributed by atoms with Gasteiger partial charge in [0.1, 0.15) is 0 Å². The molecule has 0 bridgehead atoms. The Hall–Kier alpha value is -1.78. The van der Waals surface area contributed by atoms with Crippen LogP contribution in [0, 0.1) is 0 Å². The minimum absolute atomic E-state index is 0.0104. The zero-order chi connectivity index (χ0) is 10.7. The molecule has 0 unspecified atom stereocenters. The lowest BCUT2D eigenvalue weighted by Crippen LogP contribution is -2.14. The van der Waals surface area contributed by atoms with Crippen LogP contribution in [0.2, 0.25) is 0 Å². The van der Waals surface area contributed by atoms with Gasteiger partial charge in [-0.3, -0.25) is 8.75 Å². The topological polar surface area (TPSA) is 70.8 Å². The molecule has 0 aliphatic rings. The molecule has 2 aromatic rings. The highest BCUT2D eigenvalue weighted by atomic mass is 32.1. The van der Waals surface area contributed by atoms with Crippen LogP contribution in [0.3, 0.4) is 0 Å². The summed E-state index contributed by atoms with van der Waals surface area (Å²) in [5, 5.41) is 4.13. The van der Waals surface area contributed by atoms with Gasteiger partial charge in [0.05, 0.1) is 10.1 Å². The Labute approximate surface area is 89.3 Å². The van der Waals surface area contributed by atoms with Crippen LogP contribution in [0.15, 0.2) is 34.2 Å². The molecule has 1 heterocycles. The average molecular weight is 220 g/mol. The first-order valence-corrected chi connectivity index (χ1v) is 5.20. The quantitative estimate of drug-likeness (QED) is 0.444. The molecule has 15 heavy (non-hydrogen) atoms. The van der Waals surface area contributed by atoms with Crippen molar-refractivity contribution < 1.29 is 0 Å². The minimum atomic E-state index is -0.0104. The van der Waals surface area contributed by atoms with E-state index >= 15 is 0 Å². The molecule has 1 aromatic carbocycles. The fourth-order valence-corrected chi connectivity index (χ4v) is 2.33. The molecule has 0 spiro atoms. The zero-order valence-corrected chi connectivity index (χ0v) is 8.65. The van der Waals surface area contributed by atoms with Crippen molar-refractivity contribution in [2.45, 2.75) is 6.54 Å². The molecule has 0 amide bonds. The van der Waals surface area contributed by atoms with Gasteiger partial charge in [-0.1, -0.05) is 28.8 Å². The predicted molar refractivity (Wildman–Crippen MR) is 60.1 cm³/mol. The Kier molecular flexibility index (Phi) is 2.71. The number of aromatic nitrogens is 1. The number of azide groups is 1. The molecule has 0 N–H and O–H groups in total. The Morgan fingerprint density at radius 1 is 1.47 bits per heavy atom. The Bertz CT molecular complexity index is 579. The lowest BCUT2D eigenvalue weighted by atomic mass is 10.3. The Morgan fingerprint density at radius 2 is 2.27 bits per heavy atom. The predicted octanol–water partition coefficient (Wildman–Crippen LogP) is 2.37. The number of benzene rings is 1. The van der Waals surface area contributed by atoms with E-state index < -0.39 is 0 Å². The Morgan fingerprint density at radius 3 is 3.00 bits per heavy atom. The molecule has 0 aliphatic heterocycles. The molecule has 2 rings (SSSR count). The van der Waals surface area contributed by atoms with E-state index in [-0.39, 0.29) is 5.56 Å². The van der Waals surface area contributed by atoms with Crippen molar-refractivity contribution in [2.24, 2.45) is 5.11 Å². The van der Waals surface area contributed by atoms with Gasteiger partial charge in [-0.15, -0.1) is 0 Å². The van der Waals surface area contributed by atoms with Gasteiger partial charge in [-0.25, -0.2) is 0 Å². The summed E-state index contributed by atoms with van der Waals surface area (Å²) in [7, 11) is 0. The molecule has 0 aliphatic carbocycles. The molecular formula is C9H8N4OS. The normalized spacial score (nSPS) is 10.1. The largest absolute Gasteiger partial charge is 0.268 e. The first-order chi connectivity index (χ1) is 7.33. The van der Waals surface area contributed by atoms with Crippen molar-refractivity contribution in [3.63, 3.8) is 0 Å². The van der Waals surface area contributed by atoms with Crippen LogP contribution in [0.4, 0.5) is 0 Å². The fraction of sp³-hybridized carbons (Fsp3) is 0.222. The SMILES string of the molecule is [N-]=[N+]=NCCn1sc2ccccc2c1=O. The van der Waals surface area contributed by atoms with Crippen LogP contribution < -0.4 is 5.56 Å². The highest BCUT2D eigenvalue weighted by Gasteiger charge is 2.04. The molecule has 6 heteroatoms. The molecule has 0 saturated carbocycles. The molecular weight excluding hydrogens is 212 g/mol. The monoisotopic (exact) mass is 220 g/mol. The Balaban J connectivity index is 2.40. The van der Waals surface area contributed by atoms with Crippen LogP contribution in [-0.2, 0) is 6.54 Å². The van der Waals surface area contributed by atoms with E-state index in [1.807, 2.05) is 18.2 Å². The van der Waals surface area contributed by atoms with Crippen molar-refractivity contribution in [1.29, 1.82) is 0 Å². The van der Waals surface area contributed by atoms with Gasteiger partial charge < -0.3 is 0 Å². The van der Waals surface area contributed by atoms with E-state index in [0.717, 1.165) is 10.1 Å². The van der Waals surface area contributed by atoms with Crippen molar-refractivity contribution >= 4 is 21.6 Å². The van der Waals surface area contributed by atoms with Gasteiger partial charge in [0.2, 0.25) is 0 Å². The molecule has 1 aromatic heterocycles. The van der Waals surface area contributed by atoms with E-state index in [4.69, 9.17) is 5.53 Å². The van der Waals surface area contributed by atoms with Gasteiger partial charge in [-0.05, 0) is 17.7 Å². The first kappa shape index (κ1) is 9.76. The third-order valence-corrected chi connectivity index (χ3v) is 3.14. The number of rotatable bonds is 3. The van der Waals surface area contributed by atoms with E-state index in [9.17, 15) is 4.79 Å². The second kappa shape index (κ2) is 4.16. The summed E-state index contributed by atoms with van der Waals surface area (Å²) in [5.74, 6) is 0. The van der Waals surface area contributed by atoms with Crippen LogP contribution in [0.25, 0.3) is 20.5 Å². The summed E-state index contributed by atoms with van der Waals surface area (Å²) in [6.07, 6.45) is 0. The standard InChI is InChI=1S/C9H8N4OS/c10-12-11-5-6-13-9(14)7-3-1-2-4-8(7)15-13/h1-4H,5-6H2. The molecule has 5 nitrogen and oxygen atoms in total. The van der Waals surface area contributed by atoms with Crippen LogP contribution in [0.5, 0.6) is 0 Å². The van der Waals surface area contributed by atoms with Gasteiger partial charge in [-0.2, -0.15) is 0 Å². The van der Waals surface area contributed by atoms with E-state index in [1.165, 1.54) is 11.5 Å². The maximum absolute atomic E-state index is 11.8. The summed E-state index contributed by atoms with van der Waals surface area (Å²) >= 11 is 1.40. The lowest BCUT2D eigenvalue weighted by molar-refractivity contribution is 0.746. The average Bonchev–Trinajstić information content (AvgIpc) is 2.57. The summed E-state index contributed by atoms with van der Waals surface area (Å²) in [6.45, 7) is 0.755. The molecule has 0 saturated heterocycles. The van der Waals surface area contributed by atoms with E-state index in [0.29, 0.717) is 13.1 Å². The number of hydrogen-bond donors (Lipinski definition) is 0. The van der Waals surface area contributed by atoms with Crippen molar-refractivity contribution in [1.82, 2.24) is 3.96 Å². The minimum Gasteiger partial charge on any atom is -0.268 e. The van der Waals surface area contributed by atoms with Gasteiger partial charge in [0.25, 0.3) is 5.56 Å². The maximum atomic E-state index is 11.8. The smallest absolute Gasteiger partial charge is 0.268 e. The zero-order valence-electron chi connectivity index (χ0n) is 7.83. The van der Waals surface area contributed by atoms with Crippen molar-refractivity contribution in [2.75, 3.05) is 6.54 Å². The van der Waals surface area contributed by atoms with Crippen LogP contribution in [0.1, 0.15) is 0 Å². The second-order valence-electron chi connectivity index (χ2n) is 2.95. The van der Waals surface area contributed by atoms with E-state index in [1.54, 1.807) is 10.0 Å². The van der Waals surface area contributed by atoms with Crippen molar-refractivity contribution in [3.8, 4) is 0 Å². The maximum Gasteiger partial charge on any atom is 0.268 e. The van der Waals surface area contributed by atoms with Gasteiger partial charge in [0, 0.05) is 18.0 Å². The highest BCUT2D eigenvalue weighted by Crippen LogP contribution is 2.15. The second-order valence-corrected chi connectivity index (χ2v) is 4.01. The van der Waals surface area contributed by atoms with Crippen molar-refractivity contribution in [3.05, 3.63) is 45.1 Å². The van der Waals surface area contributed by atoms with E-state index in [2.05, 4.69) is 10.0 Å². The third-order valence-electron chi connectivity index (χ3n) is 2.02. The summed E-state index contributed by atoms with van der Waals surface area (Å²) < 4.78 is 2.57. The molecule has 76 valence electrons. The molecule has 0 fully saturated rings. The van der Waals surface area contributed by atoms with Gasteiger partial charge >= 0.3 is 0 Å². The lowest BCUT2D eigenvalue weighted by Gasteiger charge is -1.92.